The number of piperidine rings is 1. The third-order valence-corrected chi connectivity index (χ3v) is 5.86. The predicted molar refractivity (Wildman–Crippen MR) is 116 cm³/mol. The molecule has 0 unspecified atom stereocenters. The summed E-state index contributed by atoms with van der Waals surface area (Å²) >= 11 is 2.29. The van der Waals surface area contributed by atoms with Crippen LogP contribution in [0.15, 0.2) is 35.3 Å². The number of nitrogens with zero attached hydrogens (tertiary/aromatic N) is 4. The van der Waals surface area contributed by atoms with Crippen molar-refractivity contribution in [2.24, 2.45) is 0 Å². The Morgan fingerprint density at radius 3 is 2.61 bits per heavy atom. The van der Waals surface area contributed by atoms with E-state index in [1.165, 1.54) is 4.52 Å². The molecular formula is C20H23IN4O3. The van der Waals surface area contributed by atoms with Gasteiger partial charge in [-0.05, 0) is 68.3 Å². The number of carbonyl (C=O) groups excluding carboxylic acids is 1. The molecule has 1 saturated heterocycles. The van der Waals surface area contributed by atoms with E-state index in [1.807, 2.05) is 45.2 Å². The normalized spacial score (nSPS) is 16.1. The maximum Gasteiger partial charge on any atom is 0.410 e. The van der Waals surface area contributed by atoms with E-state index < -0.39 is 5.60 Å². The van der Waals surface area contributed by atoms with Gasteiger partial charge in [-0.3, -0.25) is 4.79 Å². The standard InChI is InChI=1S/C20H23IN4O3/c1-20(2,3)28-19(27)23-10-7-13(8-11-23)24-12-9-16(26)25-18(24)17-14(21)5-4-6-15(17)22-25/h4-6,9,12-13H,7-8,10-11H2,1-3H3. The van der Waals surface area contributed by atoms with Crippen LogP contribution in [-0.4, -0.2) is 43.9 Å². The molecule has 0 radical (unpaired) electrons. The van der Waals surface area contributed by atoms with E-state index in [4.69, 9.17) is 4.74 Å². The second kappa shape index (κ2) is 7.06. The summed E-state index contributed by atoms with van der Waals surface area (Å²) in [5.74, 6) is 0. The van der Waals surface area contributed by atoms with Crippen molar-refractivity contribution < 1.29 is 9.53 Å². The lowest BCUT2D eigenvalue weighted by Gasteiger charge is -2.34. The number of aromatic nitrogens is 3. The summed E-state index contributed by atoms with van der Waals surface area (Å²) in [5, 5.41) is 5.50. The van der Waals surface area contributed by atoms with Gasteiger partial charge in [0.05, 0.1) is 10.9 Å². The van der Waals surface area contributed by atoms with Crippen LogP contribution in [0.5, 0.6) is 0 Å². The van der Waals surface area contributed by atoms with Crippen molar-refractivity contribution in [3.8, 4) is 0 Å². The molecule has 0 N–H and O–H groups in total. The Morgan fingerprint density at radius 2 is 1.93 bits per heavy atom. The summed E-state index contributed by atoms with van der Waals surface area (Å²) in [7, 11) is 0. The number of ether oxygens (including phenoxy) is 1. The van der Waals surface area contributed by atoms with Gasteiger partial charge >= 0.3 is 6.09 Å². The van der Waals surface area contributed by atoms with Crippen LogP contribution < -0.4 is 5.56 Å². The molecule has 4 rings (SSSR count). The SMILES string of the molecule is CC(C)(C)OC(=O)N1CCC(n2ccc(=O)n3nc4cccc(I)c4c23)CC1. The number of halogens is 1. The van der Waals surface area contributed by atoms with E-state index in [0.717, 1.165) is 33.0 Å². The van der Waals surface area contributed by atoms with Crippen LogP contribution in [0.3, 0.4) is 0 Å². The van der Waals surface area contributed by atoms with Crippen LogP contribution in [0, 0.1) is 3.57 Å². The summed E-state index contributed by atoms with van der Waals surface area (Å²) in [4.78, 5) is 26.5. The van der Waals surface area contributed by atoms with Crippen LogP contribution in [0.4, 0.5) is 4.79 Å². The largest absolute Gasteiger partial charge is 0.444 e. The molecule has 0 atom stereocenters. The van der Waals surface area contributed by atoms with Crippen molar-refractivity contribution in [2.45, 2.75) is 45.3 Å². The molecule has 0 bridgehead atoms. The first-order chi connectivity index (χ1) is 13.2. The van der Waals surface area contributed by atoms with Crippen LogP contribution in [0.25, 0.3) is 16.6 Å². The van der Waals surface area contributed by atoms with Crippen molar-refractivity contribution in [3.63, 3.8) is 0 Å². The quantitative estimate of drug-likeness (QED) is 0.483. The number of carbonyl (C=O) groups is 1. The Bertz CT molecular complexity index is 1100. The minimum atomic E-state index is -0.494. The number of amides is 1. The van der Waals surface area contributed by atoms with E-state index in [-0.39, 0.29) is 17.7 Å². The van der Waals surface area contributed by atoms with Crippen molar-refractivity contribution in [1.29, 1.82) is 0 Å². The minimum Gasteiger partial charge on any atom is -0.444 e. The molecule has 0 spiro atoms. The topological polar surface area (TPSA) is 68.8 Å². The zero-order valence-corrected chi connectivity index (χ0v) is 18.3. The number of hydrogen-bond acceptors (Lipinski definition) is 4. The second-order valence-corrected chi connectivity index (χ2v) is 9.29. The fourth-order valence-electron chi connectivity index (χ4n) is 3.70. The third kappa shape index (κ3) is 3.49. The Hall–Kier alpha value is -2.10. The van der Waals surface area contributed by atoms with Crippen LogP contribution in [0.2, 0.25) is 0 Å². The zero-order valence-electron chi connectivity index (χ0n) is 16.2. The van der Waals surface area contributed by atoms with E-state index in [0.29, 0.717) is 13.1 Å². The summed E-state index contributed by atoms with van der Waals surface area (Å²) in [6.45, 7) is 6.88. The van der Waals surface area contributed by atoms with Crippen molar-refractivity contribution in [3.05, 3.63) is 44.4 Å². The Balaban J connectivity index is 1.66. The Labute approximate surface area is 176 Å². The van der Waals surface area contributed by atoms with Crippen LogP contribution in [0.1, 0.15) is 39.7 Å². The minimum absolute atomic E-state index is 0.135. The number of fused-ring (bicyclic) bond motifs is 3. The van der Waals surface area contributed by atoms with E-state index in [2.05, 4.69) is 32.3 Å². The monoisotopic (exact) mass is 494 g/mol. The smallest absolute Gasteiger partial charge is 0.410 e. The number of rotatable bonds is 1. The van der Waals surface area contributed by atoms with Crippen molar-refractivity contribution in [1.82, 2.24) is 19.1 Å². The van der Waals surface area contributed by atoms with Gasteiger partial charge in [0.1, 0.15) is 11.2 Å². The molecule has 0 aliphatic carbocycles. The van der Waals surface area contributed by atoms with E-state index in [9.17, 15) is 9.59 Å². The van der Waals surface area contributed by atoms with Gasteiger partial charge < -0.3 is 14.2 Å². The lowest BCUT2D eigenvalue weighted by molar-refractivity contribution is 0.0189. The van der Waals surface area contributed by atoms with E-state index >= 15 is 0 Å². The summed E-state index contributed by atoms with van der Waals surface area (Å²) < 4.78 is 10.2. The van der Waals surface area contributed by atoms with Gasteiger partial charge in [0.2, 0.25) is 0 Å². The van der Waals surface area contributed by atoms with Gasteiger partial charge in [-0.15, -0.1) is 0 Å². The highest BCUT2D eigenvalue weighted by molar-refractivity contribution is 14.1. The molecule has 1 aliphatic rings. The predicted octanol–water partition coefficient (Wildman–Crippen LogP) is 3.83. The fourth-order valence-corrected chi connectivity index (χ4v) is 4.43. The average Bonchev–Trinajstić information content (AvgIpc) is 3.03. The van der Waals surface area contributed by atoms with E-state index in [1.54, 1.807) is 11.0 Å². The molecule has 1 aromatic carbocycles. The molecule has 0 saturated carbocycles. The van der Waals surface area contributed by atoms with Crippen LogP contribution in [-0.2, 0) is 4.74 Å². The maximum atomic E-state index is 12.4. The lowest BCUT2D eigenvalue weighted by atomic mass is 10.0. The number of benzene rings is 1. The second-order valence-electron chi connectivity index (χ2n) is 8.13. The molecule has 1 aliphatic heterocycles. The van der Waals surface area contributed by atoms with Crippen molar-refractivity contribution in [2.75, 3.05) is 13.1 Å². The van der Waals surface area contributed by atoms with Gasteiger partial charge in [0.25, 0.3) is 5.56 Å². The molecule has 1 amide bonds. The molecule has 7 nitrogen and oxygen atoms in total. The third-order valence-electron chi connectivity index (χ3n) is 4.96. The van der Waals surface area contributed by atoms with Gasteiger partial charge in [0.15, 0.2) is 0 Å². The highest BCUT2D eigenvalue weighted by atomic mass is 127. The molecule has 3 heterocycles. The van der Waals surface area contributed by atoms with Gasteiger partial charge in [-0.2, -0.15) is 9.61 Å². The first-order valence-corrected chi connectivity index (χ1v) is 10.5. The average molecular weight is 494 g/mol. The summed E-state index contributed by atoms with van der Waals surface area (Å²) in [6.07, 6.45) is 3.19. The molecule has 3 aromatic rings. The molecule has 148 valence electrons. The molecule has 8 heteroatoms. The van der Waals surface area contributed by atoms with Gasteiger partial charge in [0, 0.05) is 35.0 Å². The zero-order chi connectivity index (χ0) is 20.1. The number of hydrogen-bond donors (Lipinski definition) is 0. The number of likely N-dealkylation sites (tertiary alicyclic amines) is 1. The van der Waals surface area contributed by atoms with Gasteiger partial charge in [-0.25, -0.2) is 4.79 Å². The highest BCUT2D eigenvalue weighted by Gasteiger charge is 2.28. The first-order valence-electron chi connectivity index (χ1n) is 9.40. The fraction of sp³-hybridized carbons (Fsp3) is 0.450. The molecule has 2 aromatic heterocycles. The highest BCUT2D eigenvalue weighted by Crippen LogP contribution is 2.30. The lowest BCUT2D eigenvalue weighted by Crippen LogP contribution is -2.42. The Morgan fingerprint density at radius 1 is 1.21 bits per heavy atom. The molecular weight excluding hydrogens is 471 g/mol. The Kier molecular flexibility index (Phi) is 4.84. The first kappa shape index (κ1) is 19.2. The summed E-state index contributed by atoms with van der Waals surface area (Å²) in [6, 6.07) is 7.66. The van der Waals surface area contributed by atoms with Crippen molar-refractivity contribution >= 4 is 45.2 Å². The maximum absolute atomic E-state index is 12.4. The summed E-state index contributed by atoms with van der Waals surface area (Å²) in [5.41, 5.74) is 1.01. The molecule has 28 heavy (non-hydrogen) atoms. The van der Waals surface area contributed by atoms with Crippen LogP contribution >= 0.6 is 22.6 Å². The van der Waals surface area contributed by atoms with Gasteiger partial charge in [-0.1, -0.05) is 6.07 Å². The molecule has 1 fully saturated rings.